The van der Waals surface area contributed by atoms with Gasteiger partial charge < -0.3 is 0 Å². The summed E-state index contributed by atoms with van der Waals surface area (Å²) in [6.45, 7) is 19.4. The van der Waals surface area contributed by atoms with Crippen molar-refractivity contribution in [3.05, 3.63) is 97.2 Å². The van der Waals surface area contributed by atoms with Gasteiger partial charge in [-0.3, -0.25) is 0 Å². The molecule has 0 N–H and O–H groups in total. The number of allylic oxidation sites excluding steroid dienone is 5. The van der Waals surface area contributed by atoms with Crippen molar-refractivity contribution in [2.24, 2.45) is 0 Å². The maximum absolute atomic E-state index is 3.91. The SMILES string of the molecule is C=CCc1[c]c(CC=C)c(CC=C)c(CC=C)c1CC=C. The van der Waals surface area contributed by atoms with Crippen LogP contribution < -0.4 is 0 Å². The average Bonchev–Trinajstić information content (AvgIpc) is 2.47. The second-order valence-corrected chi connectivity index (χ2v) is 4.98. The molecular formula is C21H25. The quantitative estimate of drug-likeness (QED) is 0.520. The fraction of sp³-hybridized carbons (Fsp3) is 0.238. The standard InChI is InChI=1S/C21H25/c1-6-11-17-16-18(12-7-2)20(14-9-4)21(15-10-5)19(17)13-8-3/h6-10H,1-5,11-15H2. The predicted octanol–water partition coefficient (Wildman–Crippen LogP) is 5.13. The van der Waals surface area contributed by atoms with Gasteiger partial charge in [0, 0.05) is 0 Å². The largest absolute Gasteiger partial charge is 0.103 e. The van der Waals surface area contributed by atoms with E-state index < -0.39 is 0 Å². The summed E-state index contributed by atoms with van der Waals surface area (Å²) in [4.78, 5) is 0. The van der Waals surface area contributed by atoms with Crippen molar-refractivity contribution in [2.45, 2.75) is 32.1 Å². The Hall–Kier alpha value is -2.08. The molecule has 0 fully saturated rings. The lowest BCUT2D eigenvalue weighted by Crippen LogP contribution is -2.08. The van der Waals surface area contributed by atoms with E-state index in [0.29, 0.717) is 0 Å². The van der Waals surface area contributed by atoms with E-state index in [9.17, 15) is 0 Å². The highest BCUT2D eigenvalue weighted by Crippen LogP contribution is 2.27. The molecule has 0 unspecified atom stereocenters. The summed E-state index contributed by atoms with van der Waals surface area (Å²) in [5.74, 6) is 0. The molecule has 109 valence electrons. The summed E-state index contributed by atoms with van der Waals surface area (Å²) >= 11 is 0. The van der Waals surface area contributed by atoms with Crippen LogP contribution in [-0.2, 0) is 32.1 Å². The molecule has 0 aromatic heterocycles. The van der Waals surface area contributed by atoms with Crippen molar-refractivity contribution in [2.75, 3.05) is 0 Å². The summed E-state index contributed by atoms with van der Waals surface area (Å²) in [5, 5.41) is 0. The Morgan fingerprint density at radius 3 is 1.19 bits per heavy atom. The first-order chi connectivity index (χ1) is 10.2. The molecule has 1 rings (SSSR count). The molecule has 0 heteroatoms. The third kappa shape index (κ3) is 4.19. The zero-order valence-electron chi connectivity index (χ0n) is 13.0. The second-order valence-electron chi connectivity index (χ2n) is 4.98. The molecule has 1 radical (unpaired) electrons. The van der Waals surface area contributed by atoms with Gasteiger partial charge in [0.1, 0.15) is 0 Å². The highest BCUT2D eigenvalue weighted by Gasteiger charge is 2.15. The molecule has 0 nitrogen and oxygen atoms in total. The molecule has 0 aliphatic carbocycles. The Balaban J connectivity index is 3.62. The van der Waals surface area contributed by atoms with Crippen molar-refractivity contribution in [1.82, 2.24) is 0 Å². The summed E-state index contributed by atoms with van der Waals surface area (Å²) < 4.78 is 0. The zero-order valence-corrected chi connectivity index (χ0v) is 13.0. The highest BCUT2D eigenvalue weighted by atomic mass is 14.2. The maximum Gasteiger partial charge on any atom is -0.00909 e. The van der Waals surface area contributed by atoms with E-state index in [4.69, 9.17) is 0 Å². The number of rotatable bonds is 10. The van der Waals surface area contributed by atoms with Gasteiger partial charge >= 0.3 is 0 Å². The molecule has 0 aliphatic rings. The lowest BCUT2D eigenvalue weighted by Gasteiger charge is -2.20. The van der Waals surface area contributed by atoms with Gasteiger partial charge in [-0.1, -0.05) is 30.4 Å². The van der Waals surface area contributed by atoms with Crippen LogP contribution in [0.1, 0.15) is 27.8 Å². The van der Waals surface area contributed by atoms with Crippen LogP contribution in [-0.4, -0.2) is 0 Å². The van der Waals surface area contributed by atoms with Gasteiger partial charge in [0.2, 0.25) is 0 Å². The first-order valence-corrected chi connectivity index (χ1v) is 7.35. The van der Waals surface area contributed by atoms with Gasteiger partial charge in [0.25, 0.3) is 0 Å². The van der Waals surface area contributed by atoms with Crippen LogP contribution >= 0.6 is 0 Å². The smallest absolute Gasteiger partial charge is 0.00909 e. The summed E-state index contributed by atoms with van der Waals surface area (Å²) in [6, 6.07) is 3.58. The second kappa shape index (κ2) is 8.97. The van der Waals surface area contributed by atoms with Crippen molar-refractivity contribution in [3.8, 4) is 0 Å². The van der Waals surface area contributed by atoms with E-state index >= 15 is 0 Å². The summed E-state index contributed by atoms with van der Waals surface area (Å²) in [5.41, 5.74) is 6.40. The van der Waals surface area contributed by atoms with E-state index in [2.05, 4.69) is 39.0 Å². The average molecular weight is 277 g/mol. The van der Waals surface area contributed by atoms with Crippen LogP contribution in [0.3, 0.4) is 0 Å². The Labute approximate surface area is 129 Å². The van der Waals surface area contributed by atoms with E-state index in [1.807, 2.05) is 30.4 Å². The fourth-order valence-electron chi connectivity index (χ4n) is 2.69. The van der Waals surface area contributed by atoms with Crippen LogP contribution in [0.2, 0.25) is 0 Å². The van der Waals surface area contributed by atoms with Crippen molar-refractivity contribution in [1.29, 1.82) is 0 Å². The van der Waals surface area contributed by atoms with Crippen molar-refractivity contribution >= 4 is 0 Å². The molecule has 1 aromatic rings. The van der Waals surface area contributed by atoms with Crippen LogP contribution in [0, 0.1) is 6.07 Å². The highest BCUT2D eigenvalue weighted by molar-refractivity contribution is 5.49. The minimum absolute atomic E-state index is 0.825. The zero-order chi connectivity index (χ0) is 15.7. The summed E-state index contributed by atoms with van der Waals surface area (Å²) in [6.07, 6.45) is 13.9. The third-order valence-corrected chi connectivity index (χ3v) is 3.50. The van der Waals surface area contributed by atoms with Crippen molar-refractivity contribution in [3.63, 3.8) is 0 Å². The molecule has 0 saturated carbocycles. The lowest BCUT2D eigenvalue weighted by atomic mass is 9.85. The first-order valence-electron chi connectivity index (χ1n) is 7.35. The number of benzene rings is 1. The predicted molar refractivity (Wildman–Crippen MR) is 94.8 cm³/mol. The number of hydrogen-bond acceptors (Lipinski definition) is 0. The van der Waals surface area contributed by atoms with Gasteiger partial charge in [-0.25, -0.2) is 0 Å². The van der Waals surface area contributed by atoms with E-state index in [-0.39, 0.29) is 0 Å². The molecule has 0 atom stereocenters. The van der Waals surface area contributed by atoms with Gasteiger partial charge in [-0.05, 0) is 66.0 Å². The molecule has 21 heavy (non-hydrogen) atoms. The van der Waals surface area contributed by atoms with Crippen LogP contribution in [0.25, 0.3) is 0 Å². The Morgan fingerprint density at radius 2 is 0.857 bits per heavy atom. The Morgan fingerprint density at radius 1 is 0.524 bits per heavy atom. The van der Waals surface area contributed by atoms with Crippen LogP contribution in [0.15, 0.2) is 63.3 Å². The third-order valence-electron chi connectivity index (χ3n) is 3.50. The monoisotopic (exact) mass is 277 g/mol. The molecule has 0 saturated heterocycles. The molecule has 1 aromatic carbocycles. The maximum atomic E-state index is 3.91. The van der Waals surface area contributed by atoms with Gasteiger partial charge in [-0.2, -0.15) is 0 Å². The molecule has 0 bridgehead atoms. The van der Waals surface area contributed by atoms with E-state index in [1.165, 1.54) is 27.8 Å². The van der Waals surface area contributed by atoms with Gasteiger partial charge in [-0.15, -0.1) is 32.9 Å². The lowest BCUT2D eigenvalue weighted by molar-refractivity contribution is 1.01. The van der Waals surface area contributed by atoms with E-state index in [1.54, 1.807) is 0 Å². The fourth-order valence-corrected chi connectivity index (χ4v) is 2.69. The van der Waals surface area contributed by atoms with Crippen LogP contribution in [0.4, 0.5) is 0 Å². The van der Waals surface area contributed by atoms with Crippen LogP contribution in [0.5, 0.6) is 0 Å². The normalized spacial score (nSPS) is 9.90. The topological polar surface area (TPSA) is 0 Å². The minimum atomic E-state index is 0.825. The first kappa shape index (κ1) is 17.0. The van der Waals surface area contributed by atoms with Gasteiger partial charge in [0.05, 0.1) is 0 Å². The molecule has 0 heterocycles. The van der Waals surface area contributed by atoms with Crippen molar-refractivity contribution < 1.29 is 0 Å². The minimum Gasteiger partial charge on any atom is -0.103 e. The molecule has 0 spiro atoms. The van der Waals surface area contributed by atoms with Gasteiger partial charge in [0.15, 0.2) is 0 Å². The Bertz CT molecular complexity index is 501. The molecule has 0 aliphatic heterocycles. The van der Waals surface area contributed by atoms with E-state index in [0.717, 1.165) is 32.1 Å². The molecule has 0 amide bonds. The number of hydrogen-bond donors (Lipinski definition) is 0. The molecular weight excluding hydrogens is 252 g/mol. The Kier molecular flexibility index (Phi) is 7.25. The summed E-state index contributed by atoms with van der Waals surface area (Å²) in [7, 11) is 0.